The molecule has 0 saturated heterocycles. The summed E-state index contributed by atoms with van der Waals surface area (Å²) in [4.78, 5) is 4.53. The lowest BCUT2D eigenvalue weighted by atomic mass is 9.84. The minimum absolute atomic E-state index is 0.0968. The first-order valence-corrected chi connectivity index (χ1v) is 52.9. The number of hydrogen-bond donors (Lipinski definition) is 2. The third-order valence-electron chi connectivity index (χ3n) is 26.9. The van der Waals surface area contributed by atoms with Crippen molar-refractivity contribution in [1.29, 1.82) is 0 Å². The highest BCUT2D eigenvalue weighted by atomic mass is 79.9. The van der Waals surface area contributed by atoms with Crippen LogP contribution < -0.4 is 41.2 Å². The zero-order valence-electron chi connectivity index (χ0n) is 81.1. The molecule has 13 aromatic carbocycles. The van der Waals surface area contributed by atoms with Crippen molar-refractivity contribution in [2.24, 2.45) is 0 Å². The molecule has 3 aliphatic carbocycles. The molecule has 0 aromatic heterocycles. The summed E-state index contributed by atoms with van der Waals surface area (Å²) < 4.78 is 0.914. The standard InChI is InChI=1S/2C32H39Cl2N.C24H19NSi.C20H27N.C12H13BrCl2/c2*1-31(2,3)24-12-16-26(17-13-24)35(27-18-14-25(15-19-27)32(4,5)6)29-21-23(20-28(33)30(29)34)22-10-8-7-9-11-22;1-3-11-19(12-4-1)26(20-13-5-2-6-14-20)23-17-9-7-15-21(23)25-22-16-8-10-18-24(22)26;1-19(2,3)15-7-11-17(12-8-15)21-18-13-9-16(10-14-18)20(4,5)6;13-10-6-9(7-11(14)12(10)15)8-4-2-1-3-5-8/h2*12-22H,7-11H2,1-6H3;1-18,25H;7-14,21H,1-6H3;6-8H,1-5H2. The van der Waals surface area contributed by atoms with E-state index in [2.05, 4.69) is 446 Å². The van der Waals surface area contributed by atoms with Crippen LogP contribution in [0, 0.1) is 0 Å². The molecule has 1 heterocycles. The number of anilines is 10. The number of halogens is 7. The maximum atomic E-state index is 6.93. The van der Waals surface area contributed by atoms with Gasteiger partial charge in [-0.15, -0.1) is 0 Å². The predicted octanol–water partition coefficient (Wildman–Crippen LogP) is 37.2. The van der Waals surface area contributed by atoms with E-state index in [-0.39, 0.29) is 32.5 Å². The van der Waals surface area contributed by atoms with Gasteiger partial charge in [0.1, 0.15) is 0 Å². The highest BCUT2D eigenvalue weighted by molar-refractivity contribution is 9.10. The molecule has 0 unspecified atom stereocenters. The number of nitrogens with one attached hydrogen (secondary N) is 2. The molecule has 0 bridgehead atoms. The van der Waals surface area contributed by atoms with Gasteiger partial charge in [-0.3, -0.25) is 0 Å². The third kappa shape index (κ3) is 25.0. The van der Waals surface area contributed by atoms with Crippen LogP contribution in [0.4, 0.5) is 56.9 Å². The lowest BCUT2D eigenvalue weighted by molar-refractivity contribution is 0.443. The van der Waals surface area contributed by atoms with E-state index in [4.69, 9.17) is 69.6 Å². The molecule has 17 rings (SSSR count). The molecule has 3 saturated carbocycles. The van der Waals surface area contributed by atoms with Gasteiger partial charge in [-0.1, -0.05) is 422 Å². The summed E-state index contributed by atoms with van der Waals surface area (Å²) in [5, 5.41) is 16.6. The Labute approximate surface area is 831 Å². The summed E-state index contributed by atoms with van der Waals surface area (Å²) >= 11 is 42.9. The second-order valence-electron chi connectivity index (χ2n) is 42.8. The monoisotopic (exact) mass is 1950 g/mol. The van der Waals surface area contributed by atoms with Crippen molar-refractivity contribution in [1.82, 2.24) is 0 Å². The molecule has 4 nitrogen and oxygen atoms in total. The minimum atomic E-state index is -2.34. The Morgan fingerprint density at radius 1 is 0.280 bits per heavy atom. The lowest BCUT2D eigenvalue weighted by Gasteiger charge is -2.40. The second kappa shape index (κ2) is 43.7. The smallest absolute Gasteiger partial charge is 0.183 e. The molecule has 132 heavy (non-hydrogen) atoms. The van der Waals surface area contributed by atoms with Gasteiger partial charge in [-0.25, -0.2) is 0 Å². The number of hydrogen-bond acceptors (Lipinski definition) is 4. The molecule has 0 amide bonds. The van der Waals surface area contributed by atoms with Crippen molar-refractivity contribution in [3.8, 4) is 0 Å². The number of fused-ring (bicyclic) bond motifs is 2. The van der Waals surface area contributed by atoms with Gasteiger partial charge in [0.05, 0.1) is 41.5 Å². The SMILES string of the molecule is CC(C)(C)c1ccc(N(c2ccc(C(C)(C)C)cc2)c2cc(C3CCCCC3)cc(Cl)c2Cl)cc1.CC(C)(C)c1ccc(N(c2ccc(C(C)(C)C)cc2)c2cc(C3CCCCC3)cc(Cl)c2Cl)cc1.CC(C)(C)c1ccc(Nc2ccc(C(C)(C)C)cc2)cc1.Clc1cc(C2CCCCC2)cc(Br)c1Cl.c1ccc([Si]2(c3ccccc3)c3ccccc3Nc3ccccc32)cc1. The first-order chi connectivity index (χ1) is 62.6. The van der Waals surface area contributed by atoms with E-state index in [0.717, 1.165) is 50.0 Å². The number of para-hydroxylation sites is 2. The molecule has 0 radical (unpaired) electrons. The summed E-state index contributed by atoms with van der Waals surface area (Å²) in [6, 6.07) is 105. The Bertz CT molecular complexity index is 5470. The molecule has 4 aliphatic rings. The van der Waals surface area contributed by atoms with E-state index in [1.54, 1.807) is 0 Å². The van der Waals surface area contributed by atoms with E-state index in [1.165, 1.54) is 179 Å². The van der Waals surface area contributed by atoms with Gasteiger partial charge in [0.15, 0.2) is 8.07 Å². The van der Waals surface area contributed by atoms with E-state index >= 15 is 0 Å². The van der Waals surface area contributed by atoms with Crippen LogP contribution in [-0.2, 0) is 32.5 Å². The quantitative estimate of drug-likeness (QED) is 0.0890. The normalized spacial score (nSPS) is 14.9. The van der Waals surface area contributed by atoms with Crippen LogP contribution in [0.1, 0.15) is 289 Å². The van der Waals surface area contributed by atoms with Gasteiger partial charge >= 0.3 is 0 Å². The minimum Gasteiger partial charge on any atom is -0.356 e. The predicted molar refractivity (Wildman–Crippen MR) is 586 cm³/mol. The Kier molecular flexibility index (Phi) is 33.4. The fraction of sp³-hybridized carbons (Fsp3) is 0.350. The van der Waals surface area contributed by atoms with E-state index in [1.807, 2.05) is 6.07 Å². The molecule has 690 valence electrons. The maximum Gasteiger partial charge on any atom is 0.183 e. The maximum absolute atomic E-state index is 6.93. The molecule has 3 fully saturated rings. The van der Waals surface area contributed by atoms with Gasteiger partial charge in [0.25, 0.3) is 0 Å². The van der Waals surface area contributed by atoms with Crippen LogP contribution in [0.3, 0.4) is 0 Å². The fourth-order valence-electron chi connectivity index (χ4n) is 19.0. The molecule has 0 atom stereocenters. The van der Waals surface area contributed by atoms with E-state index in [0.29, 0.717) is 47.9 Å². The van der Waals surface area contributed by atoms with E-state index in [9.17, 15) is 0 Å². The van der Waals surface area contributed by atoms with Gasteiger partial charge < -0.3 is 20.4 Å². The topological polar surface area (TPSA) is 30.5 Å². The summed E-state index contributed by atoms with van der Waals surface area (Å²) in [6.45, 7) is 40.4. The molecule has 13 aromatic rings. The first-order valence-electron chi connectivity index (χ1n) is 47.8. The van der Waals surface area contributed by atoms with Crippen molar-refractivity contribution < 1.29 is 0 Å². The van der Waals surface area contributed by atoms with Crippen LogP contribution >= 0.6 is 85.5 Å². The third-order valence-corrected chi connectivity index (χ3v) is 35.0. The molecule has 0 spiro atoms. The number of benzene rings is 13. The molecule has 2 N–H and O–H groups in total. The fourth-order valence-corrected chi connectivity index (χ4v) is 25.8. The summed E-state index contributed by atoms with van der Waals surface area (Å²) in [6.07, 6.45) is 19.3. The largest absolute Gasteiger partial charge is 0.356 e. The summed E-state index contributed by atoms with van der Waals surface area (Å²) in [7, 11) is -2.34. The zero-order chi connectivity index (χ0) is 94.7. The molecular weight excluding hydrogens is 1820 g/mol. The summed E-state index contributed by atoms with van der Waals surface area (Å²) in [5.74, 6) is 1.76. The Morgan fingerprint density at radius 3 is 0.788 bits per heavy atom. The molecule has 12 heteroatoms. The highest BCUT2D eigenvalue weighted by Gasteiger charge is 2.47. The first kappa shape index (κ1) is 101. The van der Waals surface area contributed by atoms with Crippen LogP contribution in [0.2, 0.25) is 30.1 Å². The van der Waals surface area contributed by atoms with Crippen LogP contribution in [0.5, 0.6) is 0 Å². The van der Waals surface area contributed by atoms with Gasteiger partial charge in [0, 0.05) is 50.0 Å². The molecular formula is C120H137BrCl6N4Si. The number of rotatable bonds is 13. The average molecular weight is 1960 g/mol. The van der Waals surface area contributed by atoms with E-state index < -0.39 is 8.07 Å². The lowest BCUT2D eigenvalue weighted by Crippen LogP contribution is -2.76. The average Bonchev–Trinajstić information content (AvgIpc) is 0.706. The van der Waals surface area contributed by atoms with Crippen LogP contribution in [-0.4, -0.2) is 8.07 Å². The van der Waals surface area contributed by atoms with Crippen molar-refractivity contribution in [3.05, 3.63) is 376 Å². The van der Waals surface area contributed by atoms with Crippen molar-refractivity contribution in [3.63, 3.8) is 0 Å². The summed E-state index contributed by atoms with van der Waals surface area (Å²) in [5.41, 5.74) is 23.6. The van der Waals surface area contributed by atoms with Crippen LogP contribution in [0.15, 0.2) is 296 Å². The van der Waals surface area contributed by atoms with Gasteiger partial charge in [-0.2, -0.15) is 0 Å². The van der Waals surface area contributed by atoms with Gasteiger partial charge in [-0.05, 0) is 297 Å². The zero-order valence-corrected chi connectivity index (χ0v) is 88.2. The Balaban J connectivity index is 0.000000144. The highest BCUT2D eigenvalue weighted by Crippen LogP contribution is 2.50. The number of nitrogens with zero attached hydrogens (tertiary/aromatic N) is 2. The Morgan fingerprint density at radius 2 is 0.523 bits per heavy atom. The van der Waals surface area contributed by atoms with Gasteiger partial charge in [0.2, 0.25) is 0 Å². The second-order valence-corrected chi connectivity index (χ2v) is 49.8. The van der Waals surface area contributed by atoms with Crippen molar-refractivity contribution in [2.75, 3.05) is 20.4 Å². The van der Waals surface area contributed by atoms with Crippen LogP contribution in [0.25, 0.3) is 0 Å². The molecule has 1 aliphatic heterocycles. The van der Waals surface area contributed by atoms with Crippen molar-refractivity contribution in [2.45, 2.75) is 271 Å². The van der Waals surface area contributed by atoms with Crippen molar-refractivity contribution >= 4 is 171 Å². The Hall–Kier alpha value is -8.50.